The first-order valence-electron chi connectivity index (χ1n) is 7.80. The number of hydrogen-bond acceptors (Lipinski definition) is 5. The van der Waals surface area contributed by atoms with Crippen molar-refractivity contribution >= 4 is 11.9 Å². The van der Waals surface area contributed by atoms with Crippen LogP contribution in [0.15, 0.2) is 0 Å². The van der Waals surface area contributed by atoms with Crippen LogP contribution in [0.25, 0.3) is 0 Å². The standard InChI is InChI=1S/C15H20O6/c16-13(17)15(4-3-10-12(6-15)21-10)14(18)19-7-8-1-2-9-11(5-8)20-9/h8-12H,1-7H2,(H,16,17). The van der Waals surface area contributed by atoms with Crippen molar-refractivity contribution in [3.63, 3.8) is 0 Å². The van der Waals surface area contributed by atoms with Gasteiger partial charge in [-0.05, 0) is 38.0 Å². The zero-order valence-corrected chi connectivity index (χ0v) is 11.8. The lowest BCUT2D eigenvalue weighted by Crippen LogP contribution is -2.44. The Balaban J connectivity index is 1.36. The highest BCUT2D eigenvalue weighted by atomic mass is 16.6. The number of carbonyl (C=O) groups excluding carboxylic acids is 1. The Hall–Kier alpha value is -1.14. The van der Waals surface area contributed by atoms with Crippen molar-refractivity contribution in [2.45, 2.75) is 62.9 Å². The van der Waals surface area contributed by atoms with E-state index in [2.05, 4.69) is 0 Å². The number of carbonyl (C=O) groups is 2. The molecule has 21 heavy (non-hydrogen) atoms. The molecule has 2 aliphatic heterocycles. The van der Waals surface area contributed by atoms with Crippen molar-refractivity contribution in [1.82, 2.24) is 0 Å². The number of epoxide rings is 2. The third-order valence-corrected chi connectivity index (χ3v) is 5.46. The zero-order chi connectivity index (χ0) is 14.6. The van der Waals surface area contributed by atoms with Gasteiger partial charge >= 0.3 is 11.9 Å². The van der Waals surface area contributed by atoms with E-state index >= 15 is 0 Å². The van der Waals surface area contributed by atoms with E-state index in [-0.39, 0.29) is 18.6 Å². The summed E-state index contributed by atoms with van der Waals surface area (Å²) in [6.45, 7) is 0.315. The van der Waals surface area contributed by atoms with Crippen LogP contribution in [-0.2, 0) is 23.8 Å². The van der Waals surface area contributed by atoms with Crippen LogP contribution >= 0.6 is 0 Å². The third kappa shape index (κ3) is 2.34. The van der Waals surface area contributed by atoms with Gasteiger partial charge in [0.1, 0.15) is 0 Å². The van der Waals surface area contributed by atoms with Gasteiger partial charge < -0.3 is 19.3 Å². The van der Waals surface area contributed by atoms with E-state index in [4.69, 9.17) is 14.2 Å². The minimum absolute atomic E-state index is 0.0716. The Morgan fingerprint density at radius 1 is 1.10 bits per heavy atom. The van der Waals surface area contributed by atoms with E-state index in [1.54, 1.807) is 0 Å². The molecular weight excluding hydrogens is 276 g/mol. The van der Waals surface area contributed by atoms with E-state index in [0.29, 0.717) is 37.6 Å². The number of carboxylic acids is 1. The normalized spacial score (nSPS) is 47.0. The molecule has 116 valence electrons. The first-order chi connectivity index (χ1) is 10.1. The molecule has 0 aromatic heterocycles. The van der Waals surface area contributed by atoms with Crippen LogP contribution in [0.5, 0.6) is 0 Å². The fraction of sp³-hybridized carbons (Fsp3) is 0.867. The minimum Gasteiger partial charge on any atom is -0.480 e. The Labute approximate surface area is 122 Å². The number of rotatable bonds is 4. The summed E-state index contributed by atoms with van der Waals surface area (Å²) in [7, 11) is 0. The Morgan fingerprint density at radius 2 is 1.86 bits per heavy atom. The first-order valence-corrected chi connectivity index (χ1v) is 7.80. The highest BCUT2D eigenvalue weighted by molar-refractivity contribution is 5.99. The quantitative estimate of drug-likeness (QED) is 0.475. The van der Waals surface area contributed by atoms with E-state index in [9.17, 15) is 14.7 Å². The summed E-state index contributed by atoms with van der Waals surface area (Å²) in [5, 5.41) is 9.50. The van der Waals surface area contributed by atoms with Crippen molar-refractivity contribution in [2.24, 2.45) is 11.3 Å². The lowest BCUT2D eigenvalue weighted by Gasteiger charge is -2.29. The van der Waals surface area contributed by atoms with Gasteiger partial charge in [0.25, 0.3) is 0 Å². The van der Waals surface area contributed by atoms with Crippen LogP contribution in [0.2, 0.25) is 0 Å². The van der Waals surface area contributed by atoms with Crippen molar-refractivity contribution in [1.29, 1.82) is 0 Å². The molecule has 6 unspecified atom stereocenters. The van der Waals surface area contributed by atoms with Gasteiger partial charge in [-0.25, -0.2) is 0 Å². The van der Waals surface area contributed by atoms with Crippen molar-refractivity contribution in [3.05, 3.63) is 0 Å². The van der Waals surface area contributed by atoms with Gasteiger partial charge in [0.05, 0.1) is 31.0 Å². The highest BCUT2D eigenvalue weighted by Crippen LogP contribution is 2.47. The SMILES string of the molecule is O=C(O)C1(C(=O)OCC2CCC3OC3C2)CCC2OC2C1. The smallest absolute Gasteiger partial charge is 0.323 e. The molecule has 2 saturated carbocycles. The maximum absolute atomic E-state index is 12.4. The molecule has 4 rings (SSSR count). The number of hydrogen-bond donors (Lipinski definition) is 1. The van der Waals surface area contributed by atoms with Crippen LogP contribution in [-0.4, -0.2) is 48.1 Å². The van der Waals surface area contributed by atoms with Gasteiger partial charge in [0, 0.05) is 6.42 Å². The minimum atomic E-state index is -1.40. The second-order valence-corrected chi connectivity index (χ2v) is 6.83. The van der Waals surface area contributed by atoms with E-state index in [1.807, 2.05) is 0 Å². The summed E-state index contributed by atoms with van der Waals surface area (Å²) in [5.41, 5.74) is -1.40. The van der Waals surface area contributed by atoms with Gasteiger partial charge in [0.15, 0.2) is 5.41 Å². The molecule has 2 saturated heterocycles. The Bertz CT molecular complexity index is 477. The maximum Gasteiger partial charge on any atom is 0.323 e. The summed E-state index contributed by atoms with van der Waals surface area (Å²) in [6.07, 6.45) is 4.99. The predicted octanol–water partition coefficient (Wildman–Crippen LogP) is 1.12. The predicted molar refractivity (Wildman–Crippen MR) is 69.5 cm³/mol. The van der Waals surface area contributed by atoms with Gasteiger partial charge in [-0.1, -0.05) is 0 Å². The average Bonchev–Trinajstić information content (AvgIpc) is 3.35. The fourth-order valence-electron chi connectivity index (χ4n) is 3.88. The molecule has 4 fully saturated rings. The van der Waals surface area contributed by atoms with Gasteiger partial charge in [-0.3, -0.25) is 9.59 Å². The number of fused-ring (bicyclic) bond motifs is 2. The van der Waals surface area contributed by atoms with E-state index in [0.717, 1.165) is 19.3 Å². The first kappa shape index (κ1) is 13.5. The molecule has 6 atom stereocenters. The topological polar surface area (TPSA) is 88.7 Å². The second-order valence-electron chi connectivity index (χ2n) is 6.83. The van der Waals surface area contributed by atoms with Crippen molar-refractivity contribution in [2.75, 3.05) is 6.61 Å². The summed E-state index contributed by atoms with van der Waals surface area (Å²) >= 11 is 0. The molecule has 2 aliphatic carbocycles. The summed E-state index contributed by atoms with van der Waals surface area (Å²) in [4.78, 5) is 24.0. The fourth-order valence-corrected chi connectivity index (χ4v) is 3.88. The van der Waals surface area contributed by atoms with E-state index < -0.39 is 17.4 Å². The molecule has 0 aromatic rings. The molecule has 0 amide bonds. The average molecular weight is 296 g/mol. The van der Waals surface area contributed by atoms with Crippen LogP contribution in [0, 0.1) is 11.3 Å². The van der Waals surface area contributed by atoms with Gasteiger partial charge in [0.2, 0.25) is 0 Å². The van der Waals surface area contributed by atoms with E-state index in [1.165, 1.54) is 0 Å². The lowest BCUT2D eigenvalue weighted by atomic mass is 9.74. The van der Waals surface area contributed by atoms with Crippen LogP contribution in [0.4, 0.5) is 0 Å². The lowest BCUT2D eigenvalue weighted by molar-refractivity contribution is -0.172. The van der Waals surface area contributed by atoms with Crippen LogP contribution < -0.4 is 0 Å². The number of esters is 1. The monoisotopic (exact) mass is 296 g/mol. The van der Waals surface area contributed by atoms with Crippen LogP contribution in [0.3, 0.4) is 0 Å². The Kier molecular flexibility index (Phi) is 3.01. The molecule has 0 aromatic carbocycles. The molecule has 6 heteroatoms. The maximum atomic E-state index is 12.4. The van der Waals surface area contributed by atoms with Gasteiger partial charge in [-0.15, -0.1) is 0 Å². The van der Waals surface area contributed by atoms with Crippen molar-refractivity contribution < 1.29 is 28.9 Å². The molecule has 6 nitrogen and oxygen atoms in total. The molecule has 0 bridgehead atoms. The highest BCUT2D eigenvalue weighted by Gasteiger charge is 2.59. The number of aliphatic carboxylic acids is 1. The molecule has 1 N–H and O–H groups in total. The Morgan fingerprint density at radius 3 is 2.57 bits per heavy atom. The molecule has 0 spiro atoms. The number of carboxylic acid groups (broad SMARTS) is 1. The van der Waals surface area contributed by atoms with Gasteiger partial charge in [-0.2, -0.15) is 0 Å². The molecule has 0 radical (unpaired) electrons. The summed E-state index contributed by atoms with van der Waals surface area (Å²) in [5.74, 6) is -1.35. The summed E-state index contributed by atoms with van der Waals surface area (Å²) < 4.78 is 16.2. The second kappa shape index (κ2) is 4.68. The molecule has 2 heterocycles. The summed E-state index contributed by atoms with van der Waals surface area (Å²) in [6, 6.07) is 0. The zero-order valence-electron chi connectivity index (χ0n) is 11.8. The van der Waals surface area contributed by atoms with Crippen LogP contribution in [0.1, 0.15) is 38.5 Å². The third-order valence-electron chi connectivity index (χ3n) is 5.46. The number of ether oxygens (including phenoxy) is 3. The molecule has 4 aliphatic rings. The van der Waals surface area contributed by atoms with Crippen molar-refractivity contribution in [3.8, 4) is 0 Å². The largest absolute Gasteiger partial charge is 0.480 e. The molecular formula is C15H20O6.